The zero-order valence-corrected chi connectivity index (χ0v) is 17.1. The molecule has 0 saturated carbocycles. The van der Waals surface area contributed by atoms with Gasteiger partial charge in [0.1, 0.15) is 0 Å². The predicted molar refractivity (Wildman–Crippen MR) is 105 cm³/mol. The maximum Gasteiger partial charge on any atom is 0.340 e. The molecule has 0 saturated heterocycles. The maximum absolute atomic E-state index is 12.9. The number of nitrogens with one attached hydrogen (secondary N) is 1. The highest BCUT2D eigenvalue weighted by Crippen LogP contribution is 2.25. The highest BCUT2D eigenvalue weighted by Gasteiger charge is 2.23. The summed E-state index contributed by atoms with van der Waals surface area (Å²) >= 11 is 0. The first-order valence-electron chi connectivity index (χ1n) is 8.78. The molecule has 28 heavy (non-hydrogen) atoms. The lowest BCUT2D eigenvalue weighted by molar-refractivity contribution is 0.0512. The van der Waals surface area contributed by atoms with E-state index in [9.17, 15) is 18.0 Å². The van der Waals surface area contributed by atoms with E-state index in [-0.39, 0.29) is 34.9 Å². The summed E-state index contributed by atoms with van der Waals surface area (Å²) in [6.45, 7) is 7.06. The number of anilines is 1. The summed E-state index contributed by atoms with van der Waals surface area (Å²) in [7, 11) is -4.00. The van der Waals surface area contributed by atoms with Crippen LogP contribution in [0.4, 0.5) is 5.69 Å². The summed E-state index contributed by atoms with van der Waals surface area (Å²) in [5.74, 6) is -1.32. The molecule has 0 aliphatic rings. The molecule has 0 unspecified atom stereocenters. The number of rotatable bonds is 7. The van der Waals surface area contributed by atoms with Gasteiger partial charge in [-0.25, -0.2) is 18.0 Å². The lowest BCUT2D eigenvalue weighted by Gasteiger charge is -2.15. The van der Waals surface area contributed by atoms with E-state index in [4.69, 9.17) is 9.47 Å². The minimum absolute atomic E-state index is 0.00350. The van der Waals surface area contributed by atoms with Gasteiger partial charge in [0.2, 0.25) is 0 Å². The van der Waals surface area contributed by atoms with Crippen molar-refractivity contribution in [3.63, 3.8) is 0 Å². The van der Waals surface area contributed by atoms with E-state index in [1.54, 1.807) is 39.8 Å². The van der Waals surface area contributed by atoms with Crippen molar-refractivity contribution in [3.05, 3.63) is 58.7 Å². The van der Waals surface area contributed by atoms with Crippen molar-refractivity contribution in [1.82, 2.24) is 0 Å². The van der Waals surface area contributed by atoms with Crippen LogP contribution in [-0.4, -0.2) is 33.6 Å². The summed E-state index contributed by atoms with van der Waals surface area (Å²) in [6, 6.07) is 9.04. The van der Waals surface area contributed by atoms with Gasteiger partial charge in [0, 0.05) is 0 Å². The Bertz CT molecular complexity index is 998. The fourth-order valence-electron chi connectivity index (χ4n) is 2.55. The van der Waals surface area contributed by atoms with Crippen LogP contribution in [0.2, 0.25) is 0 Å². The van der Waals surface area contributed by atoms with E-state index >= 15 is 0 Å². The standard InChI is InChI=1S/C20H23NO6S/c1-5-26-19(22)15-9-10-16(20(23)27-6-2)17(12-15)21-28(24,25)18-11-13(3)7-8-14(18)4/h7-12,21H,5-6H2,1-4H3. The van der Waals surface area contributed by atoms with E-state index in [0.29, 0.717) is 5.56 Å². The van der Waals surface area contributed by atoms with Crippen LogP contribution in [0.3, 0.4) is 0 Å². The van der Waals surface area contributed by atoms with Gasteiger partial charge in [-0.15, -0.1) is 0 Å². The lowest BCUT2D eigenvalue weighted by atomic mass is 10.1. The minimum Gasteiger partial charge on any atom is -0.462 e. The fourth-order valence-corrected chi connectivity index (χ4v) is 3.95. The smallest absolute Gasteiger partial charge is 0.340 e. The molecule has 0 aliphatic carbocycles. The van der Waals surface area contributed by atoms with Gasteiger partial charge in [-0.05, 0) is 63.1 Å². The molecule has 7 nitrogen and oxygen atoms in total. The number of carbonyl (C=O) groups is 2. The molecular weight excluding hydrogens is 382 g/mol. The third-order valence-electron chi connectivity index (χ3n) is 3.90. The van der Waals surface area contributed by atoms with Crippen molar-refractivity contribution in [2.45, 2.75) is 32.6 Å². The van der Waals surface area contributed by atoms with Crippen molar-refractivity contribution in [3.8, 4) is 0 Å². The van der Waals surface area contributed by atoms with Gasteiger partial charge >= 0.3 is 11.9 Å². The average Bonchev–Trinajstić information content (AvgIpc) is 2.63. The summed E-state index contributed by atoms with van der Waals surface area (Å²) in [4.78, 5) is 24.4. The molecule has 0 amide bonds. The van der Waals surface area contributed by atoms with E-state index in [2.05, 4.69) is 4.72 Å². The summed E-state index contributed by atoms with van der Waals surface area (Å²) < 4.78 is 38.2. The molecule has 0 bridgehead atoms. The zero-order valence-electron chi connectivity index (χ0n) is 16.2. The Kier molecular flexibility index (Phi) is 6.80. The van der Waals surface area contributed by atoms with Crippen molar-refractivity contribution in [2.24, 2.45) is 0 Å². The molecule has 2 rings (SSSR count). The number of aryl methyl sites for hydroxylation is 2. The van der Waals surface area contributed by atoms with Crippen LogP contribution in [-0.2, 0) is 19.5 Å². The van der Waals surface area contributed by atoms with Crippen LogP contribution in [0.5, 0.6) is 0 Å². The molecule has 0 aliphatic heterocycles. The van der Waals surface area contributed by atoms with E-state index in [0.717, 1.165) is 5.56 Å². The molecule has 0 radical (unpaired) electrons. The average molecular weight is 405 g/mol. The number of carbonyl (C=O) groups excluding carboxylic acids is 2. The van der Waals surface area contributed by atoms with Gasteiger partial charge in [0.05, 0.1) is 34.9 Å². The summed E-state index contributed by atoms with van der Waals surface area (Å²) in [6.07, 6.45) is 0. The second-order valence-electron chi connectivity index (χ2n) is 6.08. The monoisotopic (exact) mass is 405 g/mol. The van der Waals surface area contributed by atoms with Crippen LogP contribution in [0.1, 0.15) is 45.7 Å². The van der Waals surface area contributed by atoms with Gasteiger partial charge in [0.25, 0.3) is 10.0 Å². The molecule has 0 atom stereocenters. The number of hydrogen-bond donors (Lipinski definition) is 1. The van der Waals surface area contributed by atoms with Gasteiger partial charge in [-0.3, -0.25) is 4.72 Å². The Morgan fingerprint density at radius 2 is 1.57 bits per heavy atom. The van der Waals surface area contributed by atoms with Crippen LogP contribution >= 0.6 is 0 Å². The molecule has 2 aromatic rings. The van der Waals surface area contributed by atoms with Crippen molar-refractivity contribution >= 4 is 27.6 Å². The Balaban J connectivity index is 2.53. The molecule has 0 spiro atoms. The van der Waals surface area contributed by atoms with E-state index in [1.165, 1.54) is 24.3 Å². The number of ether oxygens (including phenoxy) is 2. The molecule has 150 valence electrons. The number of esters is 2. The normalized spacial score (nSPS) is 11.0. The highest BCUT2D eigenvalue weighted by molar-refractivity contribution is 7.92. The molecule has 2 aromatic carbocycles. The predicted octanol–water partition coefficient (Wildman–Crippen LogP) is 3.46. The van der Waals surface area contributed by atoms with Gasteiger partial charge in [-0.1, -0.05) is 12.1 Å². The number of hydrogen-bond acceptors (Lipinski definition) is 6. The van der Waals surface area contributed by atoms with Gasteiger partial charge < -0.3 is 9.47 Å². The minimum atomic E-state index is -4.00. The Labute approximate surface area is 164 Å². The molecule has 8 heteroatoms. The van der Waals surface area contributed by atoms with E-state index < -0.39 is 22.0 Å². The van der Waals surface area contributed by atoms with Crippen LogP contribution < -0.4 is 4.72 Å². The van der Waals surface area contributed by atoms with Crippen molar-refractivity contribution in [2.75, 3.05) is 17.9 Å². The van der Waals surface area contributed by atoms with E-state index in [1.807, 2.05) is 0 Å². The molecule has 0 heterocycles. The lowest BCUT2D eigenvalue weighted by Crippen LogP contribution is -2.18. The fraction of sp³-hybridized carbons (Fsp3) is 0.300. The topological polar surface area (TPSA) is 98.8 Å². The van der Waals surface area contributed by atoms with Gasteiger partial charge in [0.15, 0.2) is 0 Å². The molecular formula is C20H23NO6S. The number of benzene rings is 2. The molecule has 1 N–H and O–H groups in total. The highest BCUT2D eigenvalue weighted by atomic mass is 32.2. The first-order chi connectivity index (χ1) is 13.2. The first-order valence-corrected chi connectivity index (χ1v) is 10.3. The quantitative estimate of drug-likeness (QED) is 0.709. The molecule has 0 fully saturated rings. The molecule has 0 aromatic heterocycles. The third-order valence-corrected chi connectivity index (χ3v) is 5.41. The summed E-state index contributed by atoms with van der Waals surface area (Å²) in [5.41, 5.74) is 1.40. The Hall–Kier alpha value is -2.87. The van der Waals surface area contributed by atoms with Crippen LogP contribution in [0.15, 0.2) is 41.3 Å². The van der Waals surface area contributed by atoms with Crippen molar-refractivity contribution < 1.29 is 27.5 Å². The van der Waals surface area contributed by atoms with Crippen LogP contribution in [0, 0.1) is 13.8 Å². The number of sulfonamides is 1. The largest absolute Gasteiger partial charge is 0.462 e. The Morgan fingerprint density at radius 1 is 0.929 bits per heavy atom. The SMILES string of the molecule is CCOC(=O)c1ccc(C(=O)OCC)c(NS(=O)(=O)c2cc(C)ccc2C)c1. The first kappa shape index (κ1) is 21.4. The zero-order chi connectivity index (χ0) is 20.9. The van der Waals surface area contributed by atoms with Crippen LogP contribution in [0.25, 0.3) is 0 Å². The maximum atomic E-state index is 12.9. The third kappa shape index (κ3) is 4.89. The second kappa shape index (κ2) is 8.88. The summed E-state index contributed by atoms with van der Waals surface area (Å²) in [5, 5.41) is 0. The second-order valence-corrected chi connectivity index (χ2v) is 7.73. The Morgan fingerprint density at radius 3 is 2.21 bits per heavy atom. The van der Waals surface area contributed by atoms with Crippen molar-refractivity contribution in [1.29, 1.82) is 0 Å². The van der Waals surface area contributed by atoms with Gasteiger partial charge in [-0.2, -0.15) is 0 Å².